The molecule has 1 saturated heterocycles. The van der Waals surface area contributed by atoms with Crippen molar-refractivity contribution >= 4 is 23.0 Å². The molecule has 0 radical (unpaired) electrons. The Labute approximate surface area is 172 Å². The van der Waals surface area contributed by atoms with Crippen LogP contribution in [0.5, 0.6) is 0 Å². The van der Waals surface area contributed by atoms with Gasteiger partial charge in [0.2, 0.25) is 0 Å². The summed E-state index contributed by atoms with van der Waals surface area (Å²) >= 11 is 0. The highest BCUT2D eigenvalue weighted by Crippen LogP contribution is 2.50. The number of fused-ring (bicyclic) bond motifs is 2. The number of piperidine rings is 1. The van der Waals surface area contributed by atoms with Crippen molar-refractivity contribution in [3.63, 3.8) is 0 Å². The van der Waals surface area contributed by atoms with E-state index in [2.05, 4.69) is 20.5 Å². The summed E-state index contributed by atoms with van der Waals surface area (Å²) in [7, 11) is 0. The van der Waals surface area contributed by atoms with Gasteiger partial charge in [-0.2, -0.15) is 20.0 Å². The van der Waals surface area contributed by atoms with Crippen LogP contribution >= 0.6 is 0 Å². The number of aromatic nitrogens is 4. The largest absolute Gasteiger partial charge is 0.424 e. The Morgan fingerprint density at radius 1 is 1.10 bits per heavy atom. The Kier molecular flexibility index (Phi) is 3.83. The maximum absolute atomic E-state index is 13.5. The van der Waals surface area contributed by atoms with Crippen LogP contribution < -0.4 is 5.32 Å². The second-order valence-electron chi connectivity index (χ2n) is 7.89. The van der Waals surface area contributed by atoms with E-state index < -0.39 is 0 Å². The summed E-state index contributed by atoms with van der Waals surface area (Å²) in [6.45, 7) is 1.40. The highest BCUT2D eigenvalue weighted by atomic mass is 16.4. The van der Waals surface area contributed by atoms with E-state index in [0.29, 0.717) is 35.6 Å². The first-order chi connectivity index (χ1) is 14.8. The lowest BCUT2D eigenvalue weighted by molar-refractivity contribution is 0.0714. The van der Waals surface area contributed by atoms with Gasteiger partial charge >= 0.3 is 0 Å². The fourth-order valence-electron chi connectivity index (χ4n) is 4.53. The van der Waals surface area contributed by atoms with Crippen LogP contribution in [0.4, 0.5) is 6.01 Å². The first-order valence-electron chi connectivity index (χ1n) is 10.1. The van der Waals surface area contributed by atoms with Crippen molar-refractivity contribution in [3.05, 3.63) is 66.5 Å². The molecule has 1 aliphatic carbocycles. The summed E-state index contributed by atoms with van der Waals surface area (Å²) in [4.78, 5) is 21.4. The lowest BCUT2D eigenvalue weighted by Crippen LogP contribution is -2.42. The average Bonchev–Trinajstić information content (AvgIpc) is 3.17. The monoisotopic (exact) mass is 400 g/mol. The van der Waals surface area contributed by atoms with E-state index in [1.54, 1.807) is 12.4 Å². The SMILES string of the molecule is O=C(c1ccccc1-n1nccn1)N1CC2CC2C1CNc1nc2ccccc2o1. The molecule has 0 bridgehead atoms. The molecule has 2 aromatic heterocycles. The molecule has 0 spiro atoms. The number of likely N-dealkylation sites (tertiary alicyclic amines) is 1. The second-order valence-corrected chi connectivity index (χ2v) is 7.89. The molecule has 6 rings (SSSR count). The Morgan fingerprint density at radius 2 is 1.90 bits per heavy atom. The number of nitrogens with zero attached hydrogens (tertiary/aromatic N) is 5. The topological polar surface area (TPSA) is 89.1 Å². The van der Waals surface area contributed by atoms with Gasteiger partial charge < -0.3 is 14.6 Å². The van der Waals surface area contributed by atoms with Crippen LogP contribution in [0, 0.1) is 11.8 Å². The van der Waals surface area contributed by atoms with Crippen molar-refractivity contribution in [2.75, 3.05) is 18.4 Å². The number of para-hydroxylation sites is 3. The molecule has 1 amide bonds. The fourth-order valence-corrected chi connectivity index (χ4v) is 4.53. The van der Waals surface area contributed by atoms with E-state index in [-0.39, 0.29) is 11.9 Å². The predicted molar refractivity (Wildman–Crippen MR) is 110 cm³/mol. The van der Waals surface area contributed by atoms with Gasteiger partial charge in [0.05, 0.1) is 29.7 Å². The lowest BCUT2D eigenvalue weighted by Gasteiger charge is -2.28. The molecule has 2 fully saturated rings. The van der Waals surface area contributed by atoms with Crippen molar-refractivity contribution in [1.82, 2.24) is 24.9 Å². The van der Waals surface area contributed by atoms with Gasteiger partial charge in [-0.05, 0) is 42.5 Å². The number of anilines is 1. The van der Waals surface area contributed by atoms with Crippen molar-refractivity contribution in [3.8, 4) is 5.69 Å². The van der Waals surface area contributed by atoms with Gasteiger partial charge in [-0.15, -0.1) is 0 Å². The van der Waals surface area contributed by atoms with Crippen LogP contribution in [0.3, 0.4) is 0 Å². The second kappa shape index (κ2) is 6.69. The third kappa shape index (κ3) is 2.83. The molecule has 1 saturated carbocycles. The zero-order valence-electron chi connectivity index (χ0n) is 16.2. The number of nitrogens with one attached hydrogen (secondary N) is 1. The van der Waals surface area contributed by atoms with Crippen LogP contribution in [0.1, 0.15) is 16.8 Å². The molecule has 3 atom stereocenters. The fraction of sp³-hybridized carbons (Fsp3) is 0.273. The quantitative estimate of drug-likeness (QED) is 0.554. The minimum atomic E-state index is 0.0134. The molecule has 8 heteroatoms. The summed E-state index contributed by atoms with van der Waals surface area (Å²) in [5.74, 6) is 1.12. The summed E-state index contributed by atoms with van der Waals surface area (Å²) in [5, 5.41) is 11.7. The van der Waals surface area contributed by atoms with Gasteiger partial charge in [-0.25, -0.2) is 0 Å². The van der Waals surface area contributed by atoms with Crippen LogP contribution in [0.2, 0.25) is 0 Å². The van der Waals surface area contributed by atoms with Crippen molar-refractivity contribution in [2.45, 2.75) is 12.5 Å². The van der Waals surface area contributed by atoms with E-state index in [1.165, 1.54) is 11.2 Å². The normalized spacial score (nSPS) is 22.3. The molecule has 4 aromatic rings. The number of carbonyl (C=O) groups is 1. The Morgan fingerprint density at radius 3 is 2.77 bits per heavy atom. The highest BCUT2D eigenvalue weighted by molar-refractivity contribution is 5.98. The maximum Gasteiger partial charge on any atom is 0.295 e. The van der Waals surface area contributed by atoms with Gasteiger partial charge in [0.15, 0.2) is 5.58 Å². The van der Waals surface area contributed by atoms with E-state index in [4.69, 9.17) is 4.42 Å². The zero-order chi connectivity index (χ0) is 20.1. The number of carbonyl (C=O) groups excluding carboxylic acids is 1. The zero-order valence-corrected chi connectivity index (χ0v) is 16.2. The molecule has 8 nitrogen and oxygen atoms in total. The third-order valence-corrected chi connectivity index (χ3v) is 6.09. The van der Waals surface area contributed by atoms with Gasteiger partial charge in [0.25, 0.3) is 11.9 Å². The molecule has 2 aliphatic rings. The Hall–Kier alpha value is -3.68. The number of amides is 1. The smallest absolute Gasteiger partial charge is 0.295 e. The molecule has 30 heavy (non-hydrogen) atoms. The summed E-state index contributed by atoms with van der Waals surface area (Å²) in [5.41, 5.74) is 2.88. The standard InChI is InChI=1S/C22H20N6O2/c29-21(15-5-1-3-7-18(15)28-24-9-10-25-28)27-13-14-11-16(14)19(27)12-23-22-26-17-6-2-4-8-20(17)30-22/h1-10,14,16,19H,11-13H2,(H,23,26). The Balaban J connectivity index is 1.24. The lowest BCUT2D eigenvalue weighted by atomic mass is 10.1. The molecule has 2 aromatic carbocycles. The third-order valence-electron chi connectivity index (χ3n) is 6.09. The summed E-state index contributed by atoms with van der Waals surface area (Å²) in [6.07, 6.45) is 4.39. The summed E-state index contributed by atoms with van der Waals surface area (Å²) in [6, 6.07) is 15.8. The number of hydrogen-bond acceptors (Lipinski definition) is 6. The number of oxazole rings is 1. The van der Waals surface area contributed by atoms with E-state index in [1.807, 2.05) is 53.4 Å². The predicted octanol–water partition coefficient (Wildman–Crippen LogP) is 2.98. The maximum atomic E-state index is 13.5. The van der Waals surface area contributed by atoms with Crippen molar-refractivity contribution in [2.24, 2.45) is 11.8 Å². The van der Waals surface area contributed by atoms with Gasteiger partial charge in [0.1, 0.15) is 5.52 Å². The van der Waals surface area contributed by atoms with Crippen molar-refractivity contribution in [1.29, 1.82) is 0 Å². The van der Waals surface area contributed by atoms with Crippen LogP contribution in [0.15, 0.2) is 65.3 Å². The van der Waals surface area contributed by atoms with Gasteiger partial charge in [-0.3, -0.25) is 4.79 Å². The molecule has 3 heterocycles. The van der Waals surface area contributed by atoms with E-state index in [0.717, 1.165) is 17.6 Å². The van der Waals surface area contributed by atoms with Gasteiger partial charge in [0, 0.05) is 13.1 Å². The van der Waals surface area contributed by atoms with Crippen molar-refractivity contribution < 1.29 is 9.21 Å². The molecular formula is C22H20N6O2. The number of benzene rings is 2. The average molecular weight is 400 g/mol. The van der Waals surface area contributed by atoms with Crippen LogP contribution in [-0.4, -0.2) is 49.9 Å². The highest BCUT2D eigenvalue weighted by Gasteiger charge is 2.54. The molecule has 3 unspecified atom stereocenters. The minimum absolute atomic E-state index is 0.0134. The van der Waals surface area contributed by atoms with Crippen LogP contribution in [-0.2, 0) is 0 Å². The first-order valence-corrected chi connectivity index (χ1v) is 10.1. The molecule has 1 aliphatic heterocycles. The van der Waals surface area contributed by atoms with E-state index in [9.17, 15) is 4.79 Å². The van der Waals surface area contributed by atoms with Crippen LogP contribution in [0.25, 0.3) is 16.8 Å². The van der Waals surface area contributed by atoms with E-state index >= 15 is 0 Å². The number of hydrogen-bond donors (Lipinski definition) is 1. The Bertz CT molecular complexity index is 1180. The molecular weight excluding hydrogens is 380 g/mol. The van der Waals surface area contributed by atoms with Gasteiger partial charge in [-0.1, -0.05) is 24.3 Å². The first kappa shape index (κ1) is 17.2. The summed E-state index contributed by atoms with van der Waals surface area (Å²) < 4.78 is 5.78. The minimum Gasteiger partial charge on any atom is -0.424 e. The molecule has 150 valence electrons. The number of rotatable bonds is 5. The molecule has 1 N–H and O–H groups in total.